The predicted molar refractivity (Wildman–Crippen MR) is 85.0 cm³/mol. The first-order valence-electron chi connectivity index (χ1n) is 6.82. The minimum atomic E-state index is -0.571. The van der Waals surface area contributed by atoms with Crippen LogP contribution in [-0.4, -0.2) is 11.7 Å². The molecule has 4 N–H and O–H groups in total. The van der Waals surface area contributed by atoms with Crippen LogP contribution < -0.4 is 11.1 Å². The zero-order valence-corrected chi connectivity index (χ0v) is 12.3. The normalized spacial score (nSPS) is 12.2. The summed E-state index contributed by atoms with van der Waals surface area (Å²) in [7, 11) is 0. The number of aliphatic hydroxyl groups is 1. The van der Waals surface area contributed by atoms with Crippen molar-refractivity contribution in [3.63, 3.8) is 0 Å². The zero-order chi connectivity index (χ0) is 14.7. The number of hydrogen-bond donors (Lipinski definition) is 3. The Balaban J connectivity index is 2.04. The van der Waals surface area contributed by atoms with Crippen molar-refractivity contribution in [1.29, 1.82) is 0 Å². The molecule has 0 amide bonds. The van der Waals surface area contributed by atoms with Crippen LogP contribution in [0.2, 0.25) is 0 Å². The molecular weight excluding hydrogens is 248 g/mol. The molecule has 0 bridgehead atoms. The van der Waals surface area contributed by atoms with Crippen molar-refractivity contribution >= 4 is 11.4 Å². The first-order valence-corrected chi connectivity index (χ1v) is 6.82. The highest BCUT2D eigenvalue weighted by Gasteiger charge is 2.08. The quantitative estimate of drug-likeness (QED) is 0.747. The molecule has 3 nitrogen and oxygen atoms in total. The lowest BCUT2D eigenvalue weighted by molar-refractivity contribution is 0.191. The highest BCUT2D eigenvalue weighted by atomic mass is 16.3. The summed E-state index contributed by atoms with van der Waals surface area (Å²) in [6.45, 7) is 6.55. The second-order valence-electron chi connectivity index (χ2n) is 5.39. The van der Waals surface area contributed by atoms with E-state index in [0.717, 1.165) is 16.8 Å². The summed E-state index contributed by atoms with van der Waals surface area (Å²) in [6, 6.07) is 12.0. The van der Waals surface area contributed by atoms with Crippen molar-refractivity contribution < 1.29 is 5.11 Å². The Morgan fingerprint density at radius 2 is 1.70 bits per heavy atom. The first-order chi connectivity index (χ1) is 9.45. The van der Waals surface area contributed by atoms with E-state index in [9.17, 15) is 5.11 Å². The lowest BCUT2D eigenvalue weighted by Crippen LogP contribution is -2.12. The largest absolute Gasteiger partial charge is 0.399 e. The van der Waals surface area contributed by atoms with Crippen LogP contribution in [0.4, 0.5) is 11.4 Å². The molecule has 1 atom stereocenters. The molecule has 20 heavy (non-hydrogen) atoms. The molecule has 0 aliphatic rings. The van der Waals surface area contributed by atoms with E-state index in [-0.39, 0.29) is 0 Å². The molecule has 2 aromatic rings. The Morgan fingerprint density at radius 3 is 2.30 bits per heavy atom. The van der Waals surface area contributed by atoms with Gasteiger partial charge < -0.3 is 16.2 Å². The molecule has 0 aliphatic heterocycles. The van der Waals surface area contributed by atoms with Crippen molar-refractivity contribution in [2.45, 2.75) is 26.9 Å². The van der Waals surface area contributed by atoms with Gasteiger partial charge in [0.2, 0.25) is 0 Å². The molecule has 0 saturated carbocycles. The summed E-state index contributed by atoms with van der Waals surface area (Å²) in [5.41, 5.74) is 11.9. The third kappa shape index (κ3) is 3.52. The number of nitrogens with two attached hydrogens (primary N) is 1. The lowest BCUT2D eigenvalue weighted by atomic mass is 10.1. The van der Waals surface area contributed by atoms with E-state index in [4.69, 9.17) is 5.73 Å². The van der Waals surface area contributed by atoms with E-state index in [1.54, 1.807) is 0 Å². The molecule has 0 aromatic heterocycles. The summed E-state index contributed by atoms with van der Waals surface area (Å²) in [5.74, 6) is 0. The molecule has 106 valence electrons. The van der Waals surface area contributed by atoms with Gasteiger partial charge >= 0.3 is 0 Å². The van der Waals surface area contributed by atoms with E-state index < -0.39 is 6.10 Å². The van der Waals surface area contributed by atoms with Crippen LogP contribution in [0.15, 0.2) is 36.4 Å². The summed E-state index contributed by atoms with van der Waals surface area (Å²) < 4.78 is 0. The molecule has 1 unspecified atom stereocenters. The van der Waals surface area contributed by atoms with Gasteiger partial charge in [0.15, 0.2) is 0 Å². The number of aryl methyl sites for hydroxylation is 3. The van der Waals surface area contributed by atoms with Gasteiger partial charge in [0.1, 0.15) is 0 Å². The molecular formula is C17H22N2O. The minimum Gasteiger partial charge on any atom is -0.399 e. The van der Waals surface area contributed by atoms with E-state index in [1.165, 1.54) is 11.1 Å². The summed E-state index contributed by atoms with van der Waals surface area (Å²) in [6.07, 6.45) is -0.571. The van der Waals surface area contributed by atoms with E-state index in [1.807, 2.05) is 25.1 Å². The fraction of sp³-hybridized carbons (Fsp3) is 0.294. The van der Waals surface area contributed by atoms with Gasteiger partial charge in [-0.2, -0.15) is 0 Å². The number of aliphatic hydroxyl groups excluding tert-OH is 1. The van der Waals surface area contributed by atoms with E-state index in [0.29, 0.717) is 12.2 Å². The van der Waals surface area contributed by atoms with Gasteiger partial charge in [-0.25, -0.2) is 0 Å². The fourth-order valence-electron chi connectivity index (χ4n) is 2.28. The molecule has 0 heterocycles. The zero-order valence-electron chi connectivity index (χ0n) is 12.3. The van der Waals surface area contributed by atoms with Crippen molar-refractivity contribution in [2.24, 2.45) is 0 Å². The van der Waals surface area contributed by atoms with Crippen LogP contribution in [0, 0.1) is 20.8 Å². The molecule has 2 aromatic carbocycles. The average Bonchev–Trinajstić information content (AvgIpc) is 2.38. The van der Waals surface area contributed by atoms with Crippen LogP contribution in [0.5, 0.6) is 0 Å². The van der Waals surface area contributed by atoms with Crippen LogP contribution in [0.1, 0.15) is 28.4 Å². The van der Waals surface area contributed by atoms with Gasteiger partial charge in [0, 0.05) is 17.9 Å². The van der Waals surface area contributed by atoms with Crippen LogP contribution >= 0.6 is 0 Å². The molecule has 0 saturated heterocycles. The SMILES string of the molecule is Cc1cc(C)cc(NCC(O)c2ccc(C)c(N)c2)c1. The van der Waals surface area contributed by atoms with Gasteiger partial charge in [0.25, 0.3) is 0 Å². The maximum atomic E-state index is 10.2. The molecule has 3 heteroatoms. The Bertz CT molecular complexity index is 588. The van der Waals surface area contributed by atoms with Crippen molar-refractivity contribution in [3.05, 3.63) is 58.7 Å². The Labute approximate surface area is 120 Å². The number of benzene rings is 2. The second kappa shape index (κ2) is 5.97. The third-order valence-electron chi connectivity index (χ3n) is 3.41. The van der Waals surface area contributed by atoms with Gasteiger partial charge in [-0.15, -0.1) is 0 Å². The first kappa shape index (κ1) is 14.4. The standard InChI is InChI=1S/C17H22N2O/c1-11-6-12(2)8-15(7-11)19-10-17(20)14-5-4-13(3)16(18)9-14/h4-9,17,19-20H,10,18H2,1-3H3. The Kier molecular flexibility index (Phi) is 4.30. The van der Waals surface area contributed by atoms with E-state index in [2.05, 4.69) is 37.4 Å². The fourth-order valence-corrected chi connectivity index (χ4v) is 2.28. The molecule has 0 aliphatic carbocycles. The highest BCUT2D eigenvalue weighted by Crippen LogP contribution is 2.20. The van der Waals surface area contributed by atoms with Gasteiger partial charge in [-0.1, -0.05) is 18.2 Å². The Morgan fingerprint density at radius 1 is 1.05 bits per heavy atom. The van der Waals surface area contributed by atoms with Gasteiger partial charge in [-0.05, 0) is 61.2 Å². The summed E-state index contributed by atoms with van der Waals surface area (Å²) in [4.78, 5) is 0. The average molecular weight is 270 g/mol. The number of nitrogen functional groups attached to an aromatic ring is 1. The smallest absolute Gasteiger partial charge is 0.0963 e. The Hall–Kier alpha value is -2.00. The monoisotopic (exact) mass is 270 g/mol. The van der Waals surface area contributed by atoms with Gasteiger partial charge in [-0.3, -0.25) is 0 Å². The summed E-state index contributed by atoms with van der Waals surface area (Å²) >= 11 is 0. The van der Waals surface area contributed by atoms with Crippen LogP contribution in [0.25, 0.3) is 0 Å². The topological polar surface area (TPSA) is 58.3 Å². The molecule has 2 rings (SSSR count). The maximum Gasteiger partial charge on any atom is 0.0963 e. The second-order valence-corrected chi connectivity index (χ2v) is 5.39. The molecule has 0 radical (unpaired) electrons. The van der Waals surface area contributed by atoms with Gasteiger partial charge in [0.05, 0.1) is 6.10 Å². The number of rotatable bonds is 4. The van der Waals surface area contributed by atoms with Crippen LogP contribution in [0.3, 0.4) is 0 Å². The highest BCUT2D eigenvalue weighted by molar-refractivity contribution is 5.50. The van der Waals surface area contributed by atoms with E-state index >= 15 is 0 Å². The maximum absolute atomic E-state index is 10.2. The van der Waals surface area contributed by atoms with Crippen molar-refractivity contribution in [3.8, 4) is 0 Å². The number of hydrogen-bond acceptors (Lipinski definition) is 3. The van der Waals surface area contributed by atoms with Crippen molar-refractivity contribution in [1.82, 2.24) is 0 Å². The number of anilines is 2. The lowest BCUT2D eigenvalue weighted by Gasteiger charge is -2.15. The summed E-state index contributed by atoms with van der Waals surface area (Å²) in [5, 5.41) is 13.5. The van der Waals surface area contributed by atoms with Crippen LogP contribution in [-0.2, 0) is 0 Å². The van der Waals surface area contributed by atoms with Crippen molar-refractivity contribution in [2.75, 3.05) is 17.6 Å². The number of nitrogens with one attached hydrogen (secondary N) is 1. The molecule has 0 spiro atoms. The minimum absolute atomic E-state index is 0.464. The third-order valence-corrected chi connectivity index (χ3v) is 3.41. The predicted octanol–water partition coefficient (Wildman–Crippen LogP) is 3.34. The molecule has 0 fully saturated rings.